The van der Waals surface area contributed by atoms with Crippen molar-refractivity contribution < 1.29 is 29.0 Å². The number of amides is 1. The lowest BCUT2D eigenvalue weighted by atomic mass is 9.69. The molecule has 0 bridgehead atoms. The van der Waals surface area contributed by atoms with Crippen molar-refractivity contribution in [2.24, 2.45) is 11.1 Å². The molecule has 1 heterocycles. The Morgan fingerprint density at radius 1 is 1.29 bits per heavy atom. The minimum Gasteiger partial charge on any atom is -0.478 e. The van der Waals surface area contributed by atoms with Crippen LogP contribution in [-0.4, -0.2) is 29.4 Å². The number of aliphatic carboxylic acids is 1. The lowest BCUT2D eigenvalue weighted by molar-refractivity contribution is -0.134. The highest BCUT2D eigenvalue weighted by atomic mass is 16.7. The molecule has 7 nitrogen and oxygen atoms in total. The third-order valence-electron chi connectivity index (χ3n) is 4.94. The van der Waals surface area contributed by atoms with Crippen LogP contribution in [0, 0.1) is 5.41 Å². The predicted octanol–water partition coefficient (Wildman–Crippen LogP) is 2.88. The first-order valence-corrected chi connectivity index (χ1v) is 9.09. The predicted molar refractivity (Wildman–Crippen MR) is 100 cm³/mol. The summed E-state index contributed by atoms with van der Waals surface area (Å²) in [4.78, 5) is 37.2. The van der Waals surface area contributed by atoms with Crippen LogP contribution in [0.4, 0.5) is 0 Å². The van der Waals surface area contributed by atoms with Gasteiger partial charge in [0, 0.05) is 24.0 Å². The van der Waals surface area contributed by atoms with Gasteiger partial charge in [0.1, 0.15) is 11.3 Å². The van der Waals surface area contributed by atoms with Gasteiger partial charge in [-0.05, 0) is 24.0 Å². The van der Waals surface area contributed by atoms with Crippen molar-refractivity contribution in [3.8, 4) is 0 Å². The molecule has 1 aromatic rings. The zero-order valence-electron chi connectivity index (χ0n) is 16.1. The van der Waals surface area contributed by atoms with Crippen LogP contribution in [0.15, 0.2) is 47.1 Å². The first-order valence-electron chi connectivity index (χ1n) is 9.09. The van der Waals surface area contributed by atoms with Gasteiger partial charge >= 0.3 is 5.97 Å². The van der Waals surface area contributed by atoms with Gasteiger partial charge in [-0.3, -0.25) is 9.59 Å². The maximum atomic E-state index is 13.0. The van der Waals surface area contributed by atoms with Gasteiger partial charge in [-0.15, -0.1) is 0 Å². The van der Waals surface area contributed by atoms with Crippen LogP contribution in [-0.2, 0) is 19.1 Å². The molecule has 1 aliphatic carbocycles. The van der Waals surface area contributed by atoms with Crippen LogP contribution in [0.5, 0.6) is 0 Å². The van der Waals surface area contributed by atoms with Crippen molar-refractivity contribution in [3.63, 3.8) is 0 Å². The molecule has 0 saturated carbocycles. The van der Waals surface area contributed by atoms with E-state index in [0.717, 1.165) is 0 Å². The maximum absolute atomic E-state index is 13.0. The molecule has 148 valence electrons. The van der Waals surface area contributed by atoms with Gasteiger partial charge in [0.25, 0.3) is 5.95 Å². The first kappa shape index (κ1) is 19.7. The number of hydrogen-bond acceptors (Lipinski definition) is 5. The van der Waals surface area contributed by atoms with E-state index in [1.54, 1.807) is 25.1 Å². The summed E-state index contributed by atoms with van der Waals surface area (Å²) in [5.41, 5.74) is 5.75. The summed E-state index contributed by atoms with van der Waals surface area (Å²) in [6.07, 6.45) is 0.702. The molecule has 0 fully saturated rings. The van der Waals surface area contributed by atoms with E-state index in [4.69, 9.17) is 15.2 Å². The molecule has 28 heavy (non-hydrogen) atoms. The van der Waals surface area contributed by atoms with Crippen molar-refractivity contribution in [1.29, 1.82) is 0 Å². The first-order chi connectivity index (χ1) is 13.2. The molecule has 1 unspecified atom stereocenters. The van der Waals surface area contributed by atoms with Gasteiger partial charge in [0.2, 0.25) is 5.91 Å². The number of benzene rings is 1. The lowest BCUT2D eigenvalue weighted by Gasteiger charge is -2.38. The molecule has 3 rings (SSSR count). The fourth-order valence-corrected chi connectivity index (χ4v) is 3.85. The summed E-state index contributed by atoms with van der Waals surface area (Å²) < 4.78 is 11.3. The summed E-state index contributed by atoms with van der Waals surface area (Å²) >= 11 is 0. The van der Waals surface area contributed by atoms with Gasteiger partial charge in [-0.2, -0.15) is 0 Å². The molecule has 1 aromatic carbocycles. The Morgan fingerprint density at radius 2 is 1.96 bits per heavy atom. The Morgan fingerprint density at radius 3 is 2.57 bits per heavy atom. The molecule has 1 atom stereocenters. The number of carbonyl (C=O) groups is 3. The Hall–Kier alpha value is -3.09. The number of allylic oxidation sites excluding steroid dienone is 2. The molecule has 0 radical (unpaired) electrons. The molecule has 7 heteroatoms. The molecular formula is C21H23NO6. The normalized spacial score (nSPS) is 21.1. The Bertz CT molecular complexity index is 925. The smallest absolute Gasteiger partial charge is 0.339 e. The number of carboxylic acids is 1. The van der Waals surface area contributed by atoms with Crippen molar-refractivity contribution in [2.75, 3.05) is 6.61 Å². The van der Waals surface area contributed by atoms with Gasteiger partial charge in [0.15, 0.2) is 5.78 Å². The number of ketones is 1. The van der Waals surface area contributed by atoms with E-state index in [-0.39, 0.29) is 46.9 Å². The van der Waals surface area contributed by atoms with Crippen LogP contribution in [0.25, 0.3) is 0 Å². The highest BCUT2D eigenvalue weighted by molar-refractivity contribution is 6.04. The number of rotatable bonds is 5. The Balaban J connectivity index is 2.30. The molecule has 2 aliphatic rings. The summed E-state index contributed by atoms with van der Waals surface area (Å²) in [5, 5.41) is 9.91. The number of Topliss-reactive ketones (excluding diaryl/α,β-unsaturated/α-hetero) is 1. The third kappa shape index (κ3) is 3.40. The summed E-state index contributed by atoms with van der Waals surface area (Å²) in [6, 6.07) is 6.44. The molecule has 1 aliphatic heterocycles. The minimum absolute atomic E-state index is 0.150. The highest BCUT2D eigenvalue weighted by Gasteiger charge is 2.46. The summed E-state index contributed by atoms with van der Waals surface area (Å²) in [6.45, 7) is 5.79. The van der Waals surface area contributed by atoms with E-state index in [9.17, 15) is 19.5 Å². The maximum Gasteiger partial charge on any atom is 0.339 e. The zero-order valence-corrected chi connectivity index (χ0v) is 16.1. The van der Waals surface area contributed by atoms with Gasteiger partial charge in [0.05, 0.1) is 12.5 Å². The SMILES string of the molecule is CCOC1=C(C(=O)O)C(c2ccccc2C(N)=O)C2=C(CC(C)(C)CC2=O)O1. The second-order valence-corrected chi connectivity index (χ2v) is 7.70. The monoisotopic (exact) mass is 385 g/mol. The number of nitrogens with two attached hydrogens (primary N) is 1. The lowest BCUT2D eigenvalue weighted by Crippen LogP contribution is -2.35. The number of hydrogen-bond donors (Lipinski definition) is 2. The van der Waals surface area contributed by atoms with E-state index in [2.05, 4.69) is 0 Å². The van der Waals surface area contributed by atoms with Crippen LogP contribution >= 0.6 is 0 Å². The van der Waals surface area contributed by atoms with Crippen LogP contribution in [0.1, 0.15) is 55.5 Å². The number of primary amides is 1. The third-order valence-corrected chi connectivity index (χ3v) is 4.94. The van der Waals surface area contributed by atoms with Crippen molar-refractivity contribution in [3.05, 3.63) is 58.2 Å². The fourth-order valence-electron chi connectivity index (χ4n) is 3.85. The van der Waals surface area contributed by atoms with Crippen LogP contribution in [0.2, 0.25) is 0 Å². The molecular weight excluding hydrogens is 362 g/mol. The second-order valence-electron chi connectivity index (χ2n) is 7.70. The molecule has 1 amide bonds. The molecule has 3 N–H and O–H groups in total. The van der Waals surface area contributed by atoms with Gasteiger partial charge in [-0.25, -0.2) is 4.79 Å². The van der Waals surface area contributed by atoms with Crippen molar-refractivity contribution in [2.45, 2.75) is 39.5 Å². The quantitative estimate of drug-likeness (QED) is 0.805. The van der Waals surface area contributed by atoms with Crippen LogP contribution in [0.3, 0.4) is 0 Å². The van der Waals surface area contributed by atoms with E-state index in [0.29, 0.717) is 17.7 Å². The number of carboxylic acid groups (broad SMARTS) is 1. The van der Waals surface area contributed by atoms with E-state index in [1.165, 1.54) is 6.07 Å². The number of ether oxygens (including phenoxy) is 2. The fraction of sp³-hybridized carbons (Fsp3) is 0.381. The largest absolute Gasteiger partial charge is 0.478 e. The van der Waals surface area contributed by atoms with E-state index < -0.39 is 17.8 Å². The van der Waals surface area contributed by atoms with Gasteiger partial charge < -0.3 is 20.3 Å². The molecule has 0 spiro atoms. The molecule has 0 saturated heterocycles. The molecule has 0 aromatic heterocycles. The Labute approximate surface area is 162 Å². The zero-order chi connectivity index (χ0) is 20.6. The van der Waals surface area contributed by atoms with Gasteiger partial charge in [-0.1, -0.05) is 32.0 Å². The van der Waals surface area contributed by atoms with Crippen molar-refractivity contribution >= 4 is 17.7 Å². The van der Waals surface area contributed by atoms with E-state index in [1.807, 2.05) is 13.8 Å². The number of carbonyl (C=O) groups excluding carboxylic acids is 2. The Kier molecular flexibility index (Phi) is 5.02. The van der Waals surface area contributed by atoms with Crippen molar-refractivity contribution in [1.82, 2.24) is 0 Å². The standard InChI is InChI=1S/C21H23NO6/c1-4-27-20-17(19(25)26)15(11-7-5-6-8-12(11)18(22)24)16-13(23)9-21(2,3)10-14(16)28-20/h5-8,15H,4,9-10H2,1-3H3,(H2,22,24)(H,25,26). The summed E-state index contributed by atoms with van der Waals surface area (Å²) in [5.74, 6) is -2.94. The van der Waals surface area contributed by atoms with E-state index >= 15 is 0 Å². The average Bonchev–Trinajstić information content (AvgIpc) is 2.59. The topological polar surface area (TPSA) is 116 Å². The highest BCUT2D eigenvalue weighted by Crippen LogP contribution is 2.49. The second kappa shape index (κ2) is 7.14. The average molecular weight is 385 g/mol. The summed E-state index contributed by atoms with van der Waals surface area (Å²) in [7, 11) is 0. The van der Waals surface area contributed by atoms with Crippen LogP contribution < -0.4 is 5.73 Å². The minimum atomic E-state index is -1.28.